The molecule has 7 heteroatoms. The maximum atomic E-state index is 11.5. The number of amides is 2. The van der Waals surface area contributed by atoms with Crippen LogP contribution in [-0.4, -0.2) is 34.0 Å². The summed E-state index contributed by atoms with van der Waals surface area (Å²) in [6.45, 7) is 3.67. The molecule has 0 radical (unpaired) electrons. The minimum absolute atomic E-state index is 0.0395. The highest BCUT2D eigenvalue weighted by Gasteiger charge is 2.24. The third-order valence-corrected chi connectivity index (χ3v) is 2.73. The summed E-state index contributed by atoms with van der Waals surface area (Å²) in [4.78, 5) is 45.9. The van der Waals surface area contributed by atoms with E-state index < -0.39 is 23.8 Å². The molecule has 2 amide bonds. The first-order valence-corrected chi connectivity index (χ1v) is 5.59. The van der Waals surface area contributed by atoms with Gasteiger partial charge in [-0.1, -0.05) is 0 Å². The van der Waals surface area contributed by atoms with Crippen molar-refractivity contribution in [3.63, 3.8) is 0 Å². The van der Waals surface area contributed by atoms with Crippen molar-refractivity contribution in [2.24, 2.45) is 0 Å². The first-order valence-electron chi connectivity index (χ1n) is 5.59. The van der Waals surface area contributed by atoms with Crippen LogP contribution in [-0.2, 0) is 9.59 Å². The van der Waals surface area contributed by atoms with Crippen LogP contribution in [0, 0.1) is 6.92 Å². The average Bonchev–Trinajstić information content (AvgIpc) is 2.29. The number of imide groups is 1. The van der Waals surface area contributed by atoms with Gasteiger partial charge in [-0.3, -0.25) is 14.5 Å². The van der Waals surface area contributed by atoms with E-state index in [1.54, 1.807) is 0 Å². The van der Waals surface area contributed by atoms with E-state index in [1.807, 2.05) is 0 Å². The molecule has 0 unspecified atom stereocenters. The number of hydrogen-bond acceptors (Lipinski definition) is 4. The van der Waals surface area contributed by atoms with Gasteiger partial charge in [0.1, 0.15) is 0 Å². The second kappa shape index (κ2) is 5.52. The zero-order chi connectivity index (χ0) is 15.6. The van der Waals surface area contributed by atoms with Gasteiger partial charge >= 0.3 is 11.9 Å². The quantitative estimate of drug-likeness (QED) is 0.862. The molecule has 106 valence electrons. The smallest absolute Gasteiger partial charge is 0.336 e. The third kappa shape index (κ3) is 2.82. The maximum absolute atomic E-state index is 11.5. The molecule has 0 aliphatic carbocycles. The van der Waals surface area contributed by atoms with Crippen LogP contribution in [0.1, 0.15) is 40.1 Å². The number of benzene rings is 1. The standard InChI is InChI=1S/C13H13NO6/c1-6-10(13(19)20)4-9(12(17)18)5-11(6)14(7(2)15)8(3)16/h4-5H,1-3H3,(H,17,18)(H,19,20). The Morgan fingerprint density at radius 3 is 1.80 bits per heavy atom. The van der Waals surface area contributed by atoms with E-state index in [-0.39, 0.29) is 22.4 Å². The molecule has 0 atom stereocenters. The van der Waals surface area contributed by atoms with Crippen LogP contribution in [0.25, 0.3) is 0 Å². The molecule has 0 aromatic heterocycles. The van der Waals surface area contributed by atoms with Crippen molar-refractivity contribution >= 4 is 29.4 Å². The summed E-state index contributed by atoms with van der Waals surface area (Å²) in [5.41, 5.74) is -0.474. The molecular formula is C13H13NO6. The van der Waals surface area contributed by atoms with Crippen molar-refractivity contribution in [2.75, 3.05) is 4.90 Å². The molecule has 0 spiro atoms. The van der Waals surface area contributed by atoms with E-state index >= 15 is 0 Å². The SMILES string of the molecule is CC(=O)N(C(C)=O)c1cc(C(=O)O)cc(C(=O)O)c1C. The van der Waals surface area contributed by atoms with E-state index in [0.717, 1.165) is 30.9 Å². The molecule has 20 heavy (non-hydrogen) atoms. The topological polar surface area (TPSA) is 112 Å². The molecule has 0 heterocycles. The molecule has 0 aliphatic heterocycles. The van der Waals surface area contributed by atoms with Gasteiger partial charge in [0, 0.05) is 13.8 Å². The van der Waals surface area contributed by atoms with Crippen molar-refractivity contribution in [2.45, 2.75) is 20.8 Å². The van der Waals surface area contributed by atoms with Crippen LogP contribution in [0.5, 0.6) is 0 Å². The molecule has 0 aliphatic rings. The lowest BCUT2D eigenvalue weighted by Crippen LogP contribution is -2.34. The van der Waals surface area contributed by atoms with Crippen LogP contribution in [0.2, 0.25) is 0 Å². The van der Waals surface area contributed by atoms with Gasteiger partial charge in [-0.25, -0.2) is 9.59 Å². The monoisotopic (exact) mass is 279 g/mol. The van der Waals surface area contributed by atoms with Crippen molar-refractivity contribution in [3.8, 4) is 0 Å². The van der Waals surface area contributed by atoms with Gasteiger partial charge in [-0.2, -0.15) is 0 Å². The summed E-state index contributed by atoms with van der Waals surface area (Å²) >= 11 is 0. The summed E-state index contributed by atoms with van der Waals surface area (Å²) < 4.78 is 0. The molecule has 1 aromatic carbocycles. The molecule has 1 rings (SSSR count). The summed E-state index contributed by atoms with van der Waals surface area (Å²) in [6.07, 6.45) is 0. The van der Waals surface area contributed by atoms with E-state index in [2.05, 4.69) is 0 Å². The molecule has 0 saturated carbocycles. The van der Waals surface area contributed by atoms with Gasteiger partial charge in [0.15, 0.2) is 0 Å². The molecule has 2 N–H and O–H groups in total. The van der Waals surface area contributed by atoms with E-state index in [4.69, 9.17) is 10.2 Å². The lowest BCUT2D eigenvalue weighted by molar-refractivity contribution is -0.124. The largest absolute Gasteiger partial charge is 0.478 e. The van der Waals surface area contributed by atoms with Gasteiger partial charge in [-0.15, -0.1) is 0 Å². The fourth-order valence-corrected chi connectivity index (χ4v) is 1.84. The average molecular weight is 279 g/mol. The van der Waals surface area contributed by atoms with E-state index in [1.165, 1.54) is 6.92 Å². The number of aromatic carboxylic acids is 2. The van der Waals surface area contributed by atoms with E-state index in [0.29, 0.717) is 0 Å². The first kappa shape index (κ1) is 15.4. The van der Waals surface area contributed by atoms with Gasteiger partial charge in [0.2, 0.25) is 11.8 Å². The molecular weight excluding hydrogens is 266 g/mol. The Kier molecular flexibility index (Phi) is 4.24. The summed E-state index contributed by atoms with van der Waals surface area (Å²) in [5.74, 6) is -3.93. The van der Waals surface area contributed by atoms with E-state index in [9.17, 15) is 19.2 Å². The van der Waals surface area contributed by atoms with Gasteiger partial charge in [0.25, 0.3) is 0 Å². The Balaban J connectivity index is 3.67. The van der Waals surface area contributed by atoms with Crippen molar-refractivity contribution in [1.82, 2.24) is 0 Å². The van der Waals surface area contributed by atoms with Gasteiger partial charge in [-0.05, 0) is 24.6 Å². The number of carboxylic acids is 2. The molecule has 0 fully saturated rings. The highest BCUT2D eigenvalue weighted by Crippen LogP contribution is 2.26. The Hall–Kier alpha value is -2.70. The summed E-state index contributed by atoms with van der Waals surface area (Å²) in [5, 5.41) is 18.1. The minimum atomic E-state index is -1.35. The van der Waals surface area contributed by atoms with Crippen LogP contribution in [0.4, 0.5) is 5.69 Å². The van der Waals surface area contributed by atoms with Crippen molar-refractivity contribution in [1.29, 1.82) is 0 Å². The zero-order valence-electron chi connectivity index (χ0n) is 11.1. The number of carbonyl (C=O) groups excluding carboxylic acids is 2. The maximum Gasteiger partial charge on any atom is 0.336 e. The number of nitrogens with zero attached hydrogens (tertiary/aromatic N) is 1. The molecule has 0 bridgehead atoms. The molecule has 7 nitrogen and oxygen atoms in total. The second-order valence-electron chi connectivity index (χ2n) is 4.15. The normalized spacial score (nSPS) is 9.95. The highest BCUT2D eigenvalue weighted by molar-refractivity contribution is 6.14. The predicted octanol–water partition coefficient (Wildman–Crippen LogP) is 1.29. The Bertz CT molecular complexity index is 606. The Morgan fingerprint density at radius 2 is 1.45 bits per heavy atom. The van der Waals surface area contributed by atoms with Crippen LogP contribution < -0.4 is 4.90 Å². The third-order valence-electron chi connectivity index (χ3n) is 2.73. The van der Waals surface area contributed by atoms with Crippen molar-refractivity contribution in [3.05, 3.63) is 28.8 Å². The fourth-order valence-electron chi connectivity index (χ4n) is 1.84. The number of carbonyl (C=O) groups is 4. The lowest BCUT2D eigenvalue weighted by atomic mass is 10.0. The Morgan fingerprint density at radius 1 is 0.950 bits per heavy atom. The number of anilines is 1. The van der Waals surface area contributed by atoms with Crippen molar-refractivity contribution < 1.29 is 29.4 Å². The molecule has 0 saturated heterocycles. The number of carboxylic acid groups (broad SMARTS) is 2. The number of hydrogen-bond donors (Lipinski definition) is 2. The predicted molar refractivity (Wildman–Crippen MR) is 68.9 cm³/mol. The summed E-state index contributed by atoms with van der Waals surface area (Å²) in [6, 6.07) is 2.09. The molecule has 1 aromatic rings. The summed E-state index contributed by atoms with van der Waals surface area (Å²) in [7, 11) is 0. The van der Waals surface area contributed by atoms with Crippen LogP contribution in [0.3, 0.4) is 0 Å². The highest BCUT2D eigenvalue weighted by atomic mass is 16.4. The Labute approximate surface area is 114 Å². The fraction of sp³-hybridized carbons (Fsp3) is 0.231. The second-order valence-corrected chi connectivity index (χ2v) is 4.15. The van der Waals surface area contributed by atoms with Crippen LogP contribution in [0.15, 0.2) is 12.1 Å². The lowest BCUT2D eigenvalue weighted by Gasteiger charge is -2.21. The zero-order valence-corrected chi connectivity index (χ0v) is 11.1. The number of rotatable bonds is 3. The van der Waals surface area contributed by atoms with Gasteiger partial charge < -0.3 is 10.2 Å². The van der Waals surface area contributed by atoms with Gasteiger partial charge in [0.05, 0.1) is 16.8 Å². The minimum Gasteiger partial charge on any atom is -0.478 e. The first-order chi connectivity index (χ1) is 9.16. The van der Waals surface area contributed by atoms with Crippen LogP contribution >= 0.6 is 0 Å².